The summed E-state index contributed by atoms with van der Waals surface area (Å²) >= 11 is 1.56. The normalized spacial score (nSPS) is 19.3. The summed E-state index contributed by atoms with van der Waals surface area (Å²) in [5.41, 5.74) is 1.01. The van der Waals surface area contributed by atoms with Crippen LogP contribution in [-0.2, 0) is 13.2 Å². The molecule has 6 heteroatoms. The second kappa shape index (κ2) is 7.17. The lowest BCUT2D eigenvalue weighted by molar-refractivity contribution is 0.0662. The van der Waals surface area contributed by atoms with Gasteiger partial charge in [-0.05, 0) is 43.7 Å². The lowest BCUT2D eigenvalue weighted by Crippen LogP contribution is -2.37. The molecule has 1 N–H and O–H groups in total. The number of halogens is 1. The predicted molar refractivity (Wildman–Crippen MR) is 83.4 cm³/mol. The van der Waals surface area contributed by atoms with Crippen molar-refractivity contribution in [3.63, 3.8) is 0 Å². The summed E-state index contributed by atoms with van der Waals surface area (Å²) in [6.07, 6.45) is 1.71. The van der Waals surface area contributed by atoms with Crippen molar-refractivity contribution in [2.75, 3.05) is 13.1 Å². The lowest BCUT2D eigenvalue weighted by atomic mass is 10.1. The number of benzene rings is 1. The van der Waals surface area contributed by atoms with E-state index >= 15 is 0 Å². The number of hydrogen-bond acceptors (Lipinski definition) is 5. The predicted octanol–water partition coefficient (Wildman–Crippen LogP) is 2.82. The highest BCUT2D eigenvalue weighted by Crippen LogP contribution is 2.18. The fourth-order valence-corrected chi connectivity index (χ4v) is 3.26. The molecule has 0 radical (unpaired) electrons. The van der Waals surface area contributed by atoms with Gasteiger partial charge in [0.15, 0.2) is 0 Å². The molecule has 0 aliphatic carbocycles. The zero-order valence-corrected chi connectivity index (χ0v) is 13.1. The third kappa shape index (κ3) is 4.25. The smallest absolute Gasteiger partial charge is 0.140 e. The van der Waals surface area contributed by atoms with E-state index in [0.717, 1.165) is 43.2 Å². The van der Waals surface area contributed by atoms with Gasteiger partial charge >= 0.3 is 0 Å². The first-order valence-electron chi connectivity index (χ1n) is 7.41. The molecule has 0 spiro atoms. The SMILES string of the molecule is O[C@@H]1CCCN(Cc2csc(COc3ccc(F)cc3)n2)C1. The van der Waals surface area contributed by atoms with Gasteiger partial charge in [0.2, 0.25) is 0 Å². The Balaban J connectivity index is 1.51. The minimum atomic E-state index is -0.271. The molecule has 4 nitrogen and oxygen atoms in total. The summed E-state index contributed by atoms with van der Waals surface area (Å²) in [6.45, 7) is 2.89. The highest BCUT2D eigenvalue weighted by Gasteiger charge is 2.18. The zero-order valence-electron chi connectivity index (χ0n) is 12.2. The standard InChI is InChI=1S/C16H19FN2O2S/c17-12-3-5-15(6-4-12)21-10-16-18-13(11-22-16)8-19-7-1-2-14(20)9-19/h3-6,11,14,20H,1-2,7-10H2/t14-/m1/s1. The first-order valence-corrected chi connectivity index (χ1v) is 8.29. The van der Waals surface area contributed by atoms with Gasteiger partial charge in [0.05, 0.1) is 11.8 Å². The number of rotatable bonds is 5. The topological polar surface area (TPSA) is 45.6 Å². The van der Waals surface area contributed by atoms with Crippen LogP contribution >= 0.6 is 11.3 Å². The quantitative estimate of drug-likeness (QED) is 0.919. The van der Waals surface area contributed by atoms with Crippen LogP contribution in [0.25, 0.3) is 0 Å². The molecule has 0 bridgehead atoms. The molecule has 22 heavy (non-hydrogen) atoms. The van der Waals surface area contributed by atoms with Crippen LogP contribution in [0.4, 0.5) is 4.39 Å². The summed E-state index contributed by atoms with van der Waals surface area (Å²) < 4.78 is 18.4. The van der Waals surface area contributed by atoms with Crippen molar-refractivity contribution in [1.82, 2.24) is 9.88 Å². The molecule has 0 saturated carbocycles. The van der Waals surface area contributed by atoms with Gasteiger partial charge in [-0.25, -0.2) is 9.37 Å². The second-order valence-electron chi connectivity index (χ2n) is 5.51. The highest BCUT2D eigenvalue weighted by atomic mass is 32.1. The van der Waals surface area contributed by atoms with Gasteiger partial charge in [-0.1, -0.05) is 0 Å². The van der Waals surface area contributed by atoms with Gasteiger partial charge in [0.1, 0.15) is 23.2 Å². The van der Waals surface area contributed by atoms with Gasteiger partial charge < -0.3 is 9.84 Å². The Hall–Kier alpha value is -1.50. The fourth-order valence-electron chi connectivity index (χ4n) is 2.57. The number of likely N-dealkylation sites (tertiary alicyclic amines) is 1. The van der Waals surface area contributed by atoms with Crippen LogP contribution in [-0.4, -0.2) is 34.2 Å². The summed E-state index contributed by atoms with van der Waals surface area (Å²) in [6, 6.07) is 5.98. The number of β-amino-alcohol motifs (C(OH)–C–C–N with tert-alkyl or cyclic N) is 1. The van der Waals surface area contributed by atoms with Crippen LogP contribution in [0, 0.1) is 5.82 Å². The van der Waals surface area contributed by atoms with E-state index < -0.39 is 0 Å². The zero-order chi connectivity index (χ0) is 15.4. The van der Waals surface area contributed by atoms with Gasteiger partial charge in [-0.15, -0.1) is 11.3 Å². The molecular weight excluding hydrogens is 303 g/mol. The largest absolute Gasteiger partial charge is 0.486 e. The van der Waals surface area contributed by atoms with Crippen molar-refractivity contribution in [3.05, 3.63) is 46.2 Å². The van der Waals surface area contributed by atoms with Crippen molar-refractivity contribution in [1.29, 1.82) is 0 Å². The molecule has 1 saturated heterocycles. The molecule has 1 aromatic heterocycles. The van der Waals surface area contributed by atoms with Crippen LogP contribution in [0.2, 0.25) is 0 Å². The minimum Gasteiger partial charge on any atom is -0.486 e. The van der Waals surface area contributed by atoms with E-state index in [1.807, 2.05) is 5.38 Å². The van der Waals surface area contributed by atoms with E-state index in [1.54, 1.807) is 23.5 Å². The molecule has 1 aromatic carbocycles. The number of aliphatic hydroxyl groups excluding tert-OH is 1. The Morgan fingerprint density at radius 3 is 2.95 bits per heavy atom. The van der Waals surface area contributed by atoms with Crippen LogP contribution in [0.5, 0.6) is 5.75 Å². The Bertz CT molecular complexity index is 602. The molecule has 0 amide bonds. The van der Waals surface area contributed by atoms with Gasteiger partial charge in [0, 0.05) is 18.5 Å². The lowest BCUT2D eigenvalue weighted by Gasteiger charge is -2.29. The summed E-state index contributed by atoms with van der Waals surface area (Å²) in [5, 5.41) is 12.6. The number of aromatic nitrogens is 1. The maximum Gasteiger partial charge on any atom is 0.140 e. The Labute approximate surface area is 133 Å². The van der Waals surface area contributed by atoms with Gasteiger partial charge in [0.25, 0.3) is 0 Å². The van der Waals surface area contributed by atoms with Crippen molar-refractivity contribution in [2.24, 2.45) is 0 Å². The van der Waals surface area contributed by atoms with E-state index in [9.17, 15) is 9.50 Å². The monoisotopic (exact) mass is 322 g/mol. The van der Waals surface area contributed by atoms with E-state index in [-0.39, 0.29) is 11.9 Å². The molecule has 1 fully saturated rings. The molecular formula is C16H19FN2O2S. The van der Waals surface area contributed by atoms with Crippen LogP contribution in [0.15, 0.2) is 29.6 Å². The highest BCUT2D eigenvalue weighted by molar-refractivity contribution is 7.09. The molecule has 118 valence electrons. The van der Waals surface area contributed by atoms with Crippen molar-refractivity contribution >= 4 is 11.3 Å². The van der Waals surface area contributed by atoms with E-state index in [2.05, 4.69) is 9.88 Å². The molecule has 0 unspecified atom stereocenters. The fraction of sp³-hybridized carbons (Fsp3) is 0.438. The first kappa shape index (κ1) is 15.4. The third-order valence-electron chi connectivity index (χ3n) is 3.64. The van der Waals surface area contributed by atoms with Crippen molar-refractivity contribution in [2.45, 2.75) is 32.1 Å². The van der Waals surface area contributed by atoms with Gasteiger partial charge in [-0.2, -0.15) is 0 Å². The Kier molecular flexibility index (Phi) is 5.02. The number of hydrogen-bond donors (Lipinski definition) is 1. The number of aliphatic hydroxyl groups is 1. The molecule has 1 aliphatic rings. The average molecular weight is 322 g/mol. The minimum absolute atomic E-state index is 0.214. The second-order valence-corrected chi connectivity index (χ2v) is 6.45. The summed E-state index contributed by atoms with van der Waals surface area (Å²) in [4.78, 5) is 6.79. The van der Waals surface area contributed by atoms with Crippen LogP contribution in [0.3, 0.4) is 0 Å². The number of ether oxygens (including phenoxy) is 1. The summed E-state index contributed by atoms with van der Waals surface area (Å²) in [7, 11) is 0. The van der Waals surface area contributed by atoms with Crippen molar-refractivity contribution in [3.8, 4) is 5.75 Å². The van der Waals surface area contributed by atoms with Gasteiger partial charge in [-0.3, -0.25) is 4.90 Å². The summed E-state index contributed by atoms with van der Waals surface area (Å²) in [5.74, 6) is 0.366. The molecule has 2 heterocycles. The number of piperidine rings is 1. The molecule has 1 aliphatic heterocycles. The first-order chi connectivity index (χ1) is 10.7. The molecule has 3 rings (SSSR count). The van der Waals surface area contributed by atoms with E-state index in [1.165, 1.54) is 12.1 Å². The van der Waals surface area contributed by atoms with Crippen LogP contribution < -0.4 is 4.74 Å². The number of nitrogens with zero attached hydrogens (tertiary/aromatic N) is 2. The number of thiazole rings is 1. The van der Waals surface area contributed by atoms with E-state index in [0.29, 0.717) is 12.4 Å². The third-order valence-corrected chi connectivity index (χ3v) is 4.51. The maximum absolute atomic E-state index is 12.8. The molecule has 2 aromatic rings. The van der Waals surface area contributed by atoms with Crippen molar-refractivity contribution < 1.29 is 14.2 Å². The van der Waals surface area contributed by atoms with E-state index in [4.69, 9.17) is 4.74 Å². The molecule has 1 atom stereocenters. The average Bonchev–Trinajstić information content (AvgIpc) is 2.94. The van der Waals surface area contributed by atoms with Crippen LogP contribution in [0.1, 0.15) is 23.5 Å². The maximum atomic E-state index is 12.8. The Morgan fingerprint density at radius 1 is 1.36 bits per heavy atom. The Morgan fingerprint density at radius 2 is 2.18 bits per heavy atom.